The molecule has 0 fully saturated rings. The molecule has 0 spiro atoms. The lowest BCUT2D eigenvalue weighted by Crippen LogP contribution is -2.21. The van der Waals surface area contributed by atoms with E-state index in [1.54, 1.807) is 13.1 Å². The maximum absolute atomic E-state index is 13.8. The van der Waals surface area contributed by atoms with E-state index in [0.29, 0.717) is 11.2 Å². The highest BCUT2D eigenvalue weighted by molar-refractivity contribution is 5.89. The van der Waals surface area contributed by atoms with E-state index in [2.05, 4.69) is 20.3 Å². The maximum atomic E-state index is 13.8. The summed E-state index contributed by atoms with van der Waals surface area (Å²) in [6.07, 6.45) is -9.77. The fraction of sp³-hybridized carbons (Fsp3) is 0.130. The second-order valence-corrected chi connectivity index (χ2v) is 7.29. The molecule has 0 saturated carbocycles. The number of hydrogen-bond acceptors (Lipinski definition) is 7. The lowest BCUT2D eigenvalue weighted by atomic mass is 10.0. The Balaban J connectivity index is 0.000000505. The Morgan fingerprint density at radius 1 is 0.974 bits per heavy atom. The minimum absolute atomic E-state index is 0.0352. The number of anilines is 2. The molecule has 0 radical (unpaired) electrons. The van der Waals surface area contributed by atoms with Crippen LogP contribution in [-0.4, -0.2) is 39.3 Å². The van der Waals surface area contributed by atoms with Gasteiger partial charge < -0.3 is 20.9 Å². The van der Waals surface area contributed by atoms with E-state index in [0.717, 1.165) is 12.1 Å². The Morgan fingerprint density at radius 2 is 1.63 bits per heavy atom. The Bertz CT molecular complexity index is 1480. The number of aromatic nitrogens is 3. The van der Waals surface area contributed by atoms with Gasteiger partial charge in [0.15, 0.2) is 5.65 Å². The van der Waals surface area contributed by atoms with Crippen molar-refractivity contribution < 1.29 is 45.4 Å². The molecule has 38 heavy (non-hydrogen) atoms. The maximum Gasteiger partial charge on any atom is 0.490 e. The first-order chi connectivity index (χ1) is 17.7. The van der Waals surface area contributed by atoms with Gasteiger partial charge in [-0.1, -0.05) is 12.1 Å². The molecule has 4 aromatic rings. The summed E-state index contributed by atoms with van der Waals surface area (Å²) in [6.45, 7) is 0. The molecular weight excluding hydrogens is 527 g/mol. The predicted octanol–water partition coefficient (Wildman–Crippen LogP) is 5.90. The number of nitrogens with one attached hydrogen (secondary N) is 1. The molecule has 0 aliphatic carbocycles. The van der Waals surface area contributed by atoms with Gasteiger partial charge in [0, 0.05) is 13.1 Å². The van der Waals surface area contributed by atoms with Gasteiger partial charge in [-0.15, -0.1) is 0 Å². The Hall–Kier alpha value is -4.69. The summed E-state index contributed by atoms with van der Waals surface area (Å²) in [5.41, 5.74) is 4.51. The van der Waals surface area contributed by atoms with Crippen LogP contribution < -0.4 is 15.8 Å². The monoisotopic (exact) mass is 543 g/mol. The van der Waals surface area contributed by atoms with Crippen molar-refractivity contribution in [1.82, 2.24) is 15.0 Å². The zero-order valence-corrected chi connectivity index (χ0v) is 19.0. The van der Waals surface area contributed by atoms with Crippen LogP contribution in [0.1, 0.15) is 5.56 Å². The zero-order valence-electron chi connectivity index (χ0n) is 19.0. The number of fused-ring (bicyclic) bond motifs is 1. The van der Waals surface area contributed by atoms with Crippen LogP contribution in [0.2, 0.25) is 0 Å². The molecule has 4 N–H and O–H groups in total. The van der Waals surface area contributed by atoms with Crippen molar-refractivity contribution in [3.8, 4) is 22.8 Å². The van der Waals surface area contributed by atoms with E-state index >= 15 is 0 Å². The summed E-state index contributed by atoms with van der Waals surface area (Å²) in [4.78, 5) is 21.2. The number of nitrogens with zero attached hydrogens (tertiary/aromatic N) is 3. The van der Waals surface area contributed by atoms with Crippen molar-refractivity contribution in [2.24, 2.45) is 0 Å². The number of carbonyl (C=O) groups is 1. The van der Waals surface area contributed by atoms with Crippen molar-refractivity contribution in [3.63, 3.8) is 0 Å². The number of alkyl halides is 6. The van der Waals surface area contributed by atoms with Gasteiger partial charge >= 0.3 is 18.3 Å². The van der Waals surface area contributed by atoms with E-state index in [1.165, 1.54) is 36.4 Å². The van der Waals surface area contributed by atoms with Crippen molar-refractivity contribution in [2.75, 3.05) is 18.1 Å². The van der Waals surface area contributed by atoms with E-state index in [4.69, 9.17) is 20.4 Å². The lowest BCUT2D eigenvalue weighted by Gasteiger charge is -2.17. The van der Waals surface area contributed by atoms with Crippen LogP contribution >= 0.6 is 0 Å². The van der Waals surface area contributed by atoms with Gasteiger partial charge in [-0.05, 0) is 36.4 Å². The van der Waals surface area contributed by atoms with Gasteiger partial charge in [0.05, 0.1) is 22.2 Å². The molecular formula is C23H16F7N5O3. The SMILES string of the molecule is CNc1nc(N)nc2nc(-c3c(Oc4cccc(F)c4)cccc3C(F)(F)F)ccc12.O=C(O)C(F)(F)F. The van der Waals surface area contributed by atoms with Crippen LogP contribution in [-0.2, 0) is 11.0 Å². The highest BCUT2D eigenvalue weighted by Crippen LogP contribution is 2.43. The number of rotatable bonds is 4. The van der Waals surface area contributed by atoms with Crippen LogP contribution in [0.5, 0.6) is 11.5 Å². The quantitative estimate of drug-likeness (QED) is 0.272. The van der Waals surface area contributed by atoms with Gasteiger partial charge in [0.2, 0.25) is 5.95 Å². The van der Waals surface area contributed by atoms with Crippen molar-refractivity contribution in [2.45, 2.75) is 12.4 Å². The number of benzene rings is 2. The minimum atomic E-state index is -5.08. The Labute approximate surface area is 208 Å². The summed E-state index contributed by atoms with van der Waals surface area (Å²) in [5.74, 6) is -3.12. The Morgan fingerprint density at radius 3 is 2.21 bits per heavy atom. The fourth-order valence-corrected chi connectivity index (χ4v) is 3.13. The molecule has 2 aromatic heterocycles. The van der Waals surface area contributed by atoms with E-state index in [1.807, 2.05) is 0 Å². The molecule has 0 saturated heterocycles. The zero-order chi connectivity index (χ0) is 28.3. The molecule has 0 bridgehead atoms. The molecule has 0 atom stereocenters. The molecule has 15 heteroatoms. The molecule has 0 aliphatic heterocycles. The summed E-state index contributed by atoms with van der Waals surface area (Å²) in [5, 5.41) is 10.5. The van der Waals surface area contributed by atoms with Crippen molar-refractivity contribution in [3.05, 3.63) is 66.0 Å². The lowest BCUT2D eigenvalue weighted by molar-refractivity contribution is -0.192. The number of hydrogen-bond donors (Lipinski definition) is 3. The van der Waals surface area contributed by atoms with E-state index < -0.39 is 29.7 Å². The second kappa shape index (κ2) is 10.7. The number of nitrogen functional groups attached to an aromatic ring is 1. The third-order valence-electron chi connectivity index (χ3n) is 4.67. The third kappa shape index (κ3) is 6.54. The first-order valence-electron chi connectivity index (χ1n) is 10.3. The molecule has 4 rings (SSSR count). The van der Waals surface area contributed by atoms with Gasteiger partial charge in [-0.2, -0.15) is 36.3 Å². The van der Waals surface area contributed by atoms with Crippen LogP contribution in [0.15, 0.2) is 54.6 Å². The number of carboxylic acid groups (broad SMARTS) is 1. The van der Waals surface area contributed by atoms with E-state index in [-0.39, 0.29) is 34.4 Å². The van der Waals surface area contributed by atoms with Gasteiger partial charge in [-0.25, -0.2) is 14.2 Å². The van der Waals surface area contributed by atoms with E-state index in [9.17, 15) is 30.7 Å². The number of aliphatic carboxylic acids is 1. The summed E-state index contributed by atoms with van der Waals surface area (Å²) < 4.78 is 92.3. The number of nitrogens with two attached hydrogens (primary N) is 1. The molecule has 2 aromatic carbocycles. The van der Waals surface area contributed by atoms with Crippen LogP contribution in [0.25, 0.3) is 22.3 Å². The molecule has 200 valence electrons. The first kappa shape index (κ1) is 27.9. The second-order valence-electron chi connectivity index (χ2n) is 7.29. The van der Waals surface area contributed by atoms with Gasteiger partial charge in [0.1, 0.15) is 23.1 Å². The molecule has 0 aliphatic rings. The topological polar surface area (TPSA) is 123 Å². The predicted molar refractivity (Wildman–Crippen MR) is 122 cm³/mol. The highest BCUT2D eigenvalue weighted by atomic mass is 19.4. The van der Waals surface area contributed by atoms with Crippen LogP contribution in [0.4, 0.5) is 42.5 Å². The first-order valence-corrected chi connectivity index (χ1v) is 10.3. The number of ether oxygens (including phenoxy) is 1. The molecule has 0 unspecified atom stereocenters. The largest absolute Gasteiger partial charge is 0.490 e. The Kier molecular flexibility index (Phi) is 7.88. The third-order valence-corrected chi connectivity index (χ3v) is 4.67. The molecule has 2 heterocycles. The standard InChI is InChI=1S/C21H15F4N5O.C2HF3O2/c1-27-18-13-8-9-15(28-19(13)30-20(26)29-18)17-14(21(23,24)25)6-3-7-16(17)31-12-5-2-4-11(22)10-12;3-2(4,5)1(6)7/h2-10H,1H3,(H3,26,27,28,29,30);(H,6,7). The molecule has 0 amide bonds. The summed E-state index contributed by atoms with van der Waals surface area (Å²) >= 11 is 0. The van der Waals surface area contributed by atoms with Gasteiger partial charge in [0.25, 0.3) is 0 Å². The van der Waals surface area contributed by atoms with Crippen LogP contribution in [0, 0.1) is 5.82 Å². The number of pyridine rings is 1. The van der Waals surface area contributed by atoms with Gasteiger partial charge in [-0.3, -0.25) is 0 Å². The highest BCUT2D eigenvalue weighted by Gasteiger charge is 2.38. The molecule has 8 nitrogen and oxygen atoms in total. The summed E-state index contributed by atoms with van der Waals surface area (Å²) in [7, 11) is 1.62. The normalized spacial score (nSPS) is 11.5. The van der Waals surface area contributed by atoms with Crippen LogP contribution in [0.3, 0.4) is 0 Å². The fourth-order valence-electron chi connectivity index (χ4n) is 3.13. The number of carboxylic acids is 1. The number of halogens is 7. The minimum Gasteiger partial charge on any atom is -0.475 e. The summed E-state index contributed by atoms with van der Waals surface area (Å²) in [6, 6.07) is 11.6. The van der Waals surface area contributed by atoms with Crippen molar-refractivity contribution >= 4 is 28.8 Å². The smallest absolute Gasteiger partial charge is 0.475 e. The van der Waals surface area contributed by atoms with Crippen molar-refractivity contribution in [1.29, 1.82) is 0 Å². The average molecular weight is 543 g/mol. The average Bonchev–Trinajstić information content (AvgIpc) is 2.82.